The minimum atomic E-state index is -1.52. The van der Waals surface area contributed by atoms with Crippen molar-refractivity contribution in [1.82, 2.24) is 10.2 Å². The summed E-state index contributed by atoms with van der Waals surface area (Å²) in [5.74, 6) is -1.23. The predicted molar refractivity (Wildman–Crippen MR) is 120 cm³/mol. The average molecular weight is 466 g/mol. The summed E-state index contributed by atoms with van der Waals surface area (Å²) in [5, 5.41) is 2.88. The molecule has 2 saturated heterocycles. The molecule has 3 amide bonds. The van der Waals surface area contributed by atoms with Gasteiger partial charge in [-0.15, -0.1) is 0 Å². The molecule has 3 aliphatic heterocycles. The number of benzene rings is 2. The van der Waals surface area contributed by atoms with E-state index in [-0.39, 0.29) is 24.2 Å². The minimum Gasteiger partial charge on any atom is -0.497 e. The number of hydrogen-bond donors (Lipinski definition) is 1. The monoisotopic (exact) mass is 466 g/mol. The Bertz CT molecular complexity index is 1160. The zero-order valence-corrected chi connectivity index (χ0v) is 19.4. The van der Waals surface area contributed by atoms with E-state index in [4.69, 9.17) is 18.9 Å². The first-order valence-corrected chi connectivity index (χ1v) is 11.0. The zero-order valence-electron chi connectivity index (χ0n) is 19.4. The highest BCUT2D eigenvalue weighted by Gasteiger charge is 2.67. The largest absolute Gasteiger partial charge is 0.497 e. The van der Waals surface area contributed by atoms with E-state index in [1.54, 1.807) is 63.4 Å². The third kappa shape index (κ3) is 3.19. The van der Waals surface area contributed by atoms with Crippen LogP contribution in [-0.2, 0) is 20.7 Å². The Hall–Kier alpha value is -3.43. The van der Waals surface area contributed by atoms with Crippen molar-refractivity contribution < 1.29 is 33.3 Å². The van der Waals surface area contributed by atoms with Crippen LogP contribution in [0, 0.1) is 0 Å². The molecule has 0 aromatic heterocycles. The minimum absolute atomic E-state index is 0.0441. The molecular formula is C25H26N2O7. The van der Waals surface area contributed by atoms with Gasteiger partial charge in [0.15, 0.2) is 11.3 Å². The lowest BCUT2D eigenvalue weighted by Crippen LogP contribution is -2.83. The molecule has 2 aromatic rings. The Balaban J connectivity index is 1.62. The second-order valence-corrected chi connectivity index (χ2v) is 9.09. The van der Waals surface area contributed by atoms with Crippen LogP contribution in [0.4, 0.5) is 0 Å². The summed E-state index contributed by atoms with van der Waals surface area (Å²) in [7, 11) is 3.06. The SMILES string of the molecule is COc1ccc(C[C@@]2(N3C(=O)c4ccccc4C3=O)C(=O)N[C@@H]2[C@@H]2COC(C)(C)O2)c(OC)c1. The summed E-state index contributed by atoms with van der Waals surface area (Å²) in [5.41, 5.74) is -0.325. The van der Waals surface area contributed by atoms with Gasteiger partial charge in [-0.1, -0.05) is 18.2 Å². The molecular weight excluding hydrogens is 440 g/mol. The summed E-state index contributed by atoms with van der Waals surface area (Å²) < 4.78 is 22.6. The van der Waals surface area contributed by atoms with E-state index in [0.29, 0.717) is 17.1 Å². The van der Waals surface area contributed by atoms with Crippen molar-refractivity contribution in [1.29, 1.82) is 0 Å². The lowest BCUT2D eigenvalue weighted by Gasteiger charge is -2.54. The highest BCUT2D eigenvalue weighted by molar-refractivity contribution is 6.24. The number of rotatable bonds is 6. The molecule has 3 atom stereocenters. The molecule has 0 radical (unpaired) electrons. The van der Waals surface area contributed by atoms with Gasteiger partial charge in [-0.05, 0) is 37.6 Å². The summed E-state index contributed by atoms with van der Waals surface area (Å²) in [4.78, 5) is 41.6. The van der Waals surface area contributed by atoms with Crippen LogP contribution < -0.4 is 14.8 Å². The second kappa shape index (κ2) is 7.82. The maximum atomic E-state index is 13.5. The quantitative estimate of drug-likeness (QED) is 0.513. The predicted octanol–water partition coefficient (Wildman–Crippen LogP) is 1.93. The Morgan fingerprint density at radius 1 is 1.03 bits per heavy atom. The molecule has 1 N–H and O–H groups in total. The molecule has 2 aromatic carbocycles. The van der Waals surface area contributed by atoms with Gasteiger partial charge < -0.3 is 24.3 Å². The first-order chi connectivity index (χ1) is 16.2. The maximum absolute atomic E-state index is 13.5. The van der Waals surface area contributed by atoms with Crippen LogP contribution in [0.1, 0.15) is 40.1 Å². The van der Waals surface area contributed by atoms with E-state index >= 15 is 0 Å². The summed E-state index contributed by atoms with van der Waals surface area (Å²) in [6.07, 6.45) is -0.510. The summed E-state index contributed by atoms with van der Waals surface area (Å²) in [6.45, 7) is 3.77. The van der Waals surface area contributed by atoms with E-state index < -0.39 is 41.2 Å². The van der Waals surface area contributed by atoms with Crippen molar-refractivity contribution in [3.8, 4) is 11.5 Å². The number of ether oxygens (including phenoxy) is 4. The molecule has 34 heavy (non-hydrogen) atoms. The number of carbonyl (C=O) groups is 3. The second-order valence-electron chi connectivity index (χ2n) is 9.09. The fourth-order valence-electron chi connectivity index (χ4n) is 5.08. The highest BCUT2D eigenvalue weighted by atomic mass is 16.7. The van der Waals surface area contributed by atoms with E-state index in [2.05, 4.69) is 5.32 Å². The average Bonchev–Trinajstić information content (AvgIpc) is 3.31. The van der Waals surface area contributed by atoms with Crippen LogP contribution in [0.5, 0.6) is 11.5 Å². The number of methoxy groups -OCH3 is 2. The molecule has 0 saturated carbocycles. The molecule has 0 aliphatic carbocycles. The number of nitrogens with zero attached hydrogens (tertiary/aromatic N) is 1. The van der Waals surface area contributed by atoms with Gasteiger partial charge in [-0.3, -0.25) is 19.3 Å². The zero-order chi connectivity index (χ0) is 24.3. The van der Waals surface area contributed by atoms with Gasteiger partial charge in [0.25, 0.3) is 11.8 Å². The maximum Gasteiger partial charge on any atom is 0.262 e. The van der Waals surface area contributed by atoms with Gasteiger partial charge in [0.1, 0.15) is 17.6 Å². The molecule has 3 aliphatic rings. The molecule has 2 fully saturated rings. The lowest BCUT2D eigenvalue weighted by atomic mass is 9.72. The van der Waals surface area contributed by atoms with Gasteiger partial charge >= 0.3 is 0 Å². The molecule has 0 bridgehead atoms. The smallest absolute Gasteiger partial charge is 0.262 e. The standard InChI is InChI=1S/C25H26N2O7/c1-24(2)33-13-19(34-24)20-25(23(30)26-20,12-14-9-10-15(31-3)11-18(14)32-4)27-21(28)16-7-5-6-8-17(16)22(27)29/h5-11,19-20H,12-13H2,1-4H3,(H,26,30)/t19-,20+,25-/m0/s1. The number of fused-ring (bicyclic) bond motifs is 1. The topological polar surface area (TPSA) is 103 Å². The van der Waals surface area contributed by atoms with Crippen molar-refractivity contribution in [2.24, 2.45) is 0 Å². The Labute approximate surface area is 196 Å². The van der Waals surface area contributed by atoms with Crippen LogP contribution in [0.15, 0.2) is 42.5 Å². The van der Waals surface area contributed by atoms with Gasteiger partial charge in [-0.2, -0.15) is 0 Å². The first-order valence-electron chi connectivity index (χ1n) is 11.0. The fraction of sp³-hybridized carbons (Fsp3) is 0.400. The molecule has 0 spiro atoms. The van der Waals surface area contributed by atoms with E-state index in [9.17, 15) is 14.4 Å². The molecule has 178 valence electrons. The first kappa shape index (κ1) is 22.4. The van der Waals surface area contributed by atoms with Gasteiger partial charge in [-0.25, -0.2) is 0 Å². The van der Waals surface area contributed by atoms with Crippen LogP contribution in [0.2, 0.25) is 0 Å². The Kier molecular flexibility index (Phi) is 5.14. The fourth-order valence-corrected chi connectivity index (χ4v) is 5.08. The van der Waals surface area contributed by atoms with Crippen molar-refractivity contribution in [3.05, 3.63) is 59.2 Å². The third-order valence-electron chi connectivity index (χ3n) is 6.74. The van der Waals surface area contributed by atoms with Crippen molar-refractivity contribution in [2.75, 3.05) is 20.8 Å². The third-order valence-corrected chi connectivity index (χ3v) is 6.74. The van der Waals surface area contributed by atoms with Crippen molar-refractivity contribution in [3.63, 3.8) is 0 Å². The normalized spacial score (nSPS) is 27.3. The lowest BCUT2D eigenvalue weighted by molar-refractivity contribution is -0.166. The number of β-lactam (4-membered cyclic amide) rings is 1. The van der Waals surface area contributed by atoms with Gasteiger partial charge in [0.05, 0.1) is 38.0 Å². The number of carbonyl (C=O) groups excluding carboxylic acids is 3. The number of nitrogens with one attached hydrogen (secondary N) is 1. The Morgan fingerprint density at radius 3 is 2.24 bits per heavy atom. The van der Waals surface area contributed by atoms with Gasteiger partial charge in [0.2, 0.25) is 5.91 Å². The van der Waals surface area contributed by atoms with Crippen LogP contribution >= 0.6 is 0 Å². The molecule has 5 rings (SSSR count). The molecule has 0 unspecified atom stereocenters. The highest BCUT2D eigenvalue weighted by Crippen LogP contribution is 2.43. The van der Waals surface area contributed by atoms with Gasteiger partial charge in [0, 0.05) is 12.5 Å². The molecule has 3 heterocycles. The Morgan fingerprint density at radius 2 is 1.71 bits per heavy atom. The van der Waals surface area contributed by atoms with E-state index in [1.165, 1.54) is 7.11 Å². The number of imide groups is 1. The van der Waals surface area contributed by atoms with Crippen LogP contribution in [-0.4, -0.2) is 66.9 Å². The molecule has 9 nitrogen and oxygen atoms in total. The van der Waals surface area contributed by atoms with Crippen LogP contribution in [0.25, 0.3) is 0 Å². The van der Waals surface area contributed by atoms with E-state index in [0.717, 1.165) is 4.90 Å². The number of amides is 3. The molecule has 9 heteroatoms. The van der Waals surface area contributed by atoms with Crippen molar-refractivity contribution >= 4 is 17.7 Å². The summed E-state index contributed by atoms with van der Waals surface area (Å²) >= 11 is 0. The number of hydrogen-bond acceptors (Lipinski definition) is 7. The van der Waals surface area contributed by atoms with Crippen molar-refractivity contribution in [2.45, 2.75) is 43.7 Å². The van der Waals surface area contributed by atoms with Crippen LogP contribution in [0.3, 0.4) is 0 Å². The summed E-state index contributed by atoms with van der Waals surface area (Å²) in [6, 6.07) is 11.1. The van der Waals surface area contributed by atoms with E-state index in [1.807, 2.05) is 0 Å².